The van der Waals surface area contributed by atoms with Gasteiger partial charge in [0.25, 0.3) is 0 Å². The molecule has 0 spiro atoms. The Morgan fingerprint density at radius 2 is 2.12 bits per heavy atom. The Hall–Kier alpha value is -1.24. The van der Waals surface area contributed by atoms with E-state index in [1.807, 2.05) is 12.1 Å². The van der Waals surface area contributed by atoms with Gasteiger partial charge in [-0.1, -0.05) is 11.6 Å². The number of nitrogens with zero attached hydrogens (tertiary/aromatic N) is 1. The van der Waals surface area contributed by atoms with Crippen LogP contribution < -0.4 is 5.32 Å². The quantitative estimate of drug-likeness (QED) is 0.750. The summed E-state index contributed by atoms with van der Waals surface area (Å²) in [7, 11) is 0. The van der Waals surface area contributed by atoms with E-state index in [2.05, 4.69) is 5.32 Å². The van der Waals surface area contributed by atoms with Crippen molar-refractivity contribution in [3.05, 3.63) is 28.8 Å². The number of nitriles is 1. The van der Waals surface area contributed by atoms with Crippen molar-refractivity contribution in [2.24, 2.45) is 0 Å². The SMILES string of the molecule is N#Cc1ccc(NCCCCCO)c(Cl)c1. The van der Waals surface area contributed by atoms with Crippen LogP contribution in [0.5, 0.6) is 0 Å². The highest BCUT2D eigenvalue weighted by atomic mass is 35.5. The smallest absolute Gasteiger partial charge is 0.0992 e. The predicted molar refractivity (Wildman–Crippen MR) is 65.6 cm³/mol. The van der Waals surface area contributed by atoms with Gasteiger partial charge in [-0.05, 0) is 37.5 Å². The molecule has 0 aliphatic heterocycles. The summed E-state index contributed by atoms with van der Waals surface area (Å²) in [4.78, 5) is 0. The first-order chi connectivity index (χ1) is 7.77. The molecule has 0 fully saturated rings. The lowest BCUT2D eigenvalue weighted by molar-refractivity contribution is 0.283. The lowest BCUT2D eigenvalue weighted by atomic mass is 10.2. The standard InChI is InChI=1S/C12H15ClN2O/c13-11-8-10(9-14)4-5-12(11)15-6-2-1-3-7-16/h4-5,8,15-16H,1-3,6-7H2. The Morgan fingerprint density at radius 1 is 1.31 bits per heavy atom. The third-order valence-electron chi connectivity index (χ3n) is 2.25. The summed E-state index contributed by atoms with van der Waals surface area (Å²) in [5, 5.41) is 21.1. The molecule has 0 aromatic heterocycles. The molecule has 1 aromatic rings. The second-order valence-corrected chi connectivity index (χ2v) is 3.92. The highest BCUT2D eigenvalue weighted by Crippen LogP contribution is 2.22. The summed E-state index contributed by atoms with van der Waals surface area (Å²) in [6.07, 6.45) is 2.83. The lowest BCUT2D eigenvalue weighted by Crippen LogP contribution is -2.02. The minimum absolute atomic E-state index is 0.248. The predicted octanol–water partition coefficient (Wildman–Crippen LogP) is 2.79. The molecule has 0 unspecified atom stereocenters. The number of benzene rings is 1. The Morgan fingerprint density at radius 3 is 2.75 bits per heavy atom. The molecule has 1 rings (SSSR count). The molecule has 0 amide bonds. The number of aliphatic hydroxyl groups excluding tert-OH is 1. The van der Waals surface area contributed by atoms with Gasteiger partial charge in [-0.3, -0.25) is 0 Å². The maximum Gasteiger partial charge on any atom is 0.0992 e. The fourth-order valence-corrected chi connectivity index (χ4v) is 1.61. The summed E-state index contributed by atoms with van der Waals surface area (Å²) in [6, 6.07) is 7.24. The molecular weight excluding hydrogens is 224 g/mol. The van der Waals surface area contributed by atoms with E-state index < -0.39 is 0 Å². The van der Waals surface area contributed by atoms with Crippen molar-refractivity contribution >= 4 is 17.3 Å². The van der Waals surface area contributed by atoms with Gasteiger partial charge in [0.2, 0.25) is 0 Å². The van der Waals surface area contributed by atoms with Gasteiger partial charge in [0.15, 0.2) is 0 Å². The van der Waals surface area contributed by atoms with Crippen molar-refractivity contribution in [3.63, 3.8) is 0 Å². The van der Waals surface area contributed by atoms with Crippen LogP contribution in [0.4, 0.5) is 5.69 Å². The number of unbranched alkanes of at least 4 members (excludes halogenated alkanes) is 2. The van der Waals surface area contributed by atoms with Crippen LogP contribution in [0.25, 0.3) is 0 Å². The minimum Gasteiger partial charge on any atom is -0.396 e. The number of halogens is 1. The third kappa shape index (κ3) is 4.09. The first kappa shape index (κ1) is 12.8. The molecule has 3 nitrogen and oxygen atoms in total. The summed E-state index contributed by atoms with van der Waals surface area (Å²) in [6.45, 7) is 1.07. The molecule has 0 aliphatic carbocycles. The fourth-order valence-electron chi connectivity index (χ4n) is 1.36. The van der Waals surface area contributed by atoms with Crippen LogP contribution in [-0.4, -0.2) is 18.3 Å². The van der Waals surface area contributed by atoms with Crippen LogP contribution in [-0.2, 0) is 0 Å². The molecule has 86 valence electrons. The van der Waals surface area contributed by atoms with E-state index in [0.717, 1.165) is 31.5 Å². The molecule has 0 radical (unpaired) electrons. The van der Waals surface area contributed by atoms with Gasteiger partial charge in [-0.25, -0.2) is 0 Å². The van der Waals surface area contributed by atoms with Gasteiger partial charge in [0, 0.05) is 13.2 Å². The Balaban J connectivity index is 2.40. The maximum absolute atomic E-state index is 8.67. The summed E-state index contributed by atoms with van der Waals surface area (Å²) in [5.41, 5.74) is 1.42. The molecule has 0 saturated heterocycles. The maximum atomic E-state index is 8.67. The van der Waals surface area contributed by atoms with E-state index in [0.29, 0.717) is 10.6 Å². The average Bonchev–Trinajstić information content (AvgIpc) is 2.30. The fraction of sp³-hybridized carbons (Fsp3) is 0.417. The number of hydrogen-bond donors (Lipinski definition) is 2. The van der Waals surface area contributed by atoms with E-state index in [1.54, 1.807) is 12.1 Å². The molecule has 0 bridgehead atoms. The summed E-state index contributed by atoms with van der Waals surface area (Å²) < 4.78 is 0. The largest absolute Gasteiger partial charge is 0.396 e. The summed E-state index contributed by atoms with van der Waals surface area (Å²) >= 11 is 5.99. The number of hydrogen-bond acceptors (Lipinski definition) is 3. The topological polar surface area (TPSA) is 56.0 Å². The van der Waals surface area contributed by atoms with Gasteiger partial charge in [0.1, 0.15) is 0 Å². The highest BCUT2D eigenvalue weighted by molar-refractivity contribution is 6.33. The van der Waals surface area contributed by atoms with Crippen molar-refractivity contribution < 1.29 is 5.11 Å². The van der Waals surface area contributed by atoms with Gasteiger partial charge in [-0.2, -0.15) is 5.26 Å². The van der Waals surface area contributed by atoms with E-state index in [4.69, 9.17) is 22.0 Å². The first-order valence-corrected chi connectivity index (χ1v) is 5.70. The minimum atomic E-state index is 0.248. The van der Waals surface area contributed by atoms with Crippen LogP contribution in [0.15, 0.2) is 18.2 Å². The number of aliphatic hydroxyl groups is 1. The van der Waals surface area contributed by atoms with Crippen LogP contribution in [0.1, 0.15) is 24.8 Å². The number of rotatable bonds is 6. The molecule has 0 heterocycles. The van der Waals surface area contributed by atoms with Crippen LogP contribution in [0.2, 0.25) is 5.02 Å². The van der Waals surface area contributed by atoms with Gasteiger partial charge in [0.05, 0.1) is 22.3 Å². The second kappa shape index (κ2) is 7.10. The molecule has 2 N–H and O–H groups in total. The monoisotopic (exact) mass is 238 g/mol. The van der Waals surface area contributed by atoms with Gasteiger partial charge in [-0.15, -0.1) is 0 Å². The molecule has 0 saturated carbocycles. The van der Waals surface area contributed by atoms with E-state index in [-0.39, 0.29) is 6.61 Å². The molecule has 16 heavy (non-hydrogen) atoms. The van der Waals surface area contributed by atoms with E-state index >= 15 is 0 Å². The van der Waals surface area contributed by atoms with Crippen molar-refractivity contribution in [1.29, 1.82) is 5.26 Å². The Bertz CT molecular complexity index is 374. The summed E-state index contributed by atoms with van der Waals surface area (Å²) in [5.74, 6) is 0. The van der Waals surface area contributed by atoms with E-state index in [9.17, 15) is 0 Å². The normalized spacial score (nSPS) is 9.81. The molecule has 4 heteroatoms. The van der Waals surface area contributed by atoms with Crippen molar-refractivity contribution in [2.45, 2.75) is 19.3 Å². The van der Waals surface area contributed by atoms with Gasteiger partial charge >= 0.3 is 0 Å². The van der Waals surface area contributed by atoms with Crippen molar-refractivity contribution in [3.8, 4) is 6.07 Å². The zero-order chi connectivity index (χ0) is 11.8. The van der Waals surface area contributed by atoms with E-state index in [1.165, 1.54) is 0 Å². The second-order valence-electron chi connectivity index (χ2n) is 3.52. The molecule has 0 atom stereocenters. The molecular formula is C12H15ClN2O. The number of nitrogens with one attached hydrogen (secondary N) is 1. The zero-order valence-electron chi connectivity index (χ0n) is 9.04. The average molecular weight is 239 g/mol. The Labute approximate surface area is 101 Å². The van der Waals surface area contributed by atoms with Crippen molar-refractivity contribution in [2.75, 3.05) is 18.5 Å². The van der Waals surface area contributed by atoms with Crippen LogP contribution in [0.3, 0.4) is 0 Å². The third-order valence-corrected chi connectivity index (χ3v) is 2.56. The van der Waals surface area contributed by atoms with Gasteiger partial charge < -0.3 is 10.4 Å². The van der Waals surface area contributed by atoms with Crippen LogP contribution >= 0.6 is 11.6 Å². The van der Waals surface area contributed by atoms with Crippen molar-refractivity contribution in [1.82, 2.24) is 0 Å². The lowest BCUT2D eigenvalue weighted by Gasteiger charge is -2.07. The van der Waals surface area contributed by atoms with Crippen LogP contribution in [0, 0.1) is 11.3 Å². The number of anilines is 1. The first-order valence-electron chi connectivity index (χ1n) is 5.32. The zero-order valence-corrected chi connectivity index (χ0v) is 9.80. The molecule has 0 aliphatic rings. The highest BCUT2D eigenvalue weighted by Gasteiger charge is 2.00. The Kier molecular flexibility index (Phi) is 5.69. The molecule has 1 aromatic carbocycles.